The fourth-order valence-corrected chi connectivity index (χ4v) is 0.307. The Morgan fingerprint density at radius 3 is 1.38 bits per heavy atom. The fourth-order valence-electron chi connectivity index (χ4n) is 0.307. The molecule has 0 aliphatic carbocycles. The van der Waals surface area contributed by atoms with Gasteiger partial charge in [-0.1, -0.05) is 0 Å². The molecular weight excluding hydrogens is 212 g/mol. The SMILES string of the molecule is CF.FCC(F)(F)C(F)C(F)(F)F. The maximum absolute atomic E-state index is 11.6. The van der Waals surface area contributed by atoms with E-state index >= 15 is 0 Å². The van der Waals surface area contributed by atoms with Crippen LogP contribution in [0.3, 0.4) is 0 Å². The van der Waals surface area contributed by atoms with E-state index in [1.807, 2.05) is 0 Å². The molecule has 0 bridgehead atoms. The Kier molecular flexibility index (Phi) is 6.01. The van der Waals surface area contributed by atoms with Crippen molar-refractivity contribution < 1.29 is 35.1 Å². The van der Waals surface area contributed by atoms with E-state index in [2.05, 4.69) is 0 Å². The van der Waals surface area contributed by atoms with Crippen LogP contribution in [0, 0.1) is 0 Å². The lowest BCUT2D eigenvalue weighted by molar-refractivity contribution is -0.247. The Bertz CT molecular complexity index is 127. The van der Waals surface area contributed by atoms with Gasteiger partial charge in [-0.05, 0) is 0 Å². The average Bonchev–Trinajstić information content (AvgIpc) is 2.05. The van der Waals surface area contributed by atoms with Crippen molar-refractivity contribution >= 4 is 0 Å². The Morgan fingerprint density at radius 2 is 1.31 bits per heavy atom. The second kappa shape index (κ2) is 5.23. The predicted molar refractivity (Wildman–Crippen MR) is 28.9 cm³/mol. The molecule has 13 heavy (non-hydrogen) atoms. The predicted octanol–water partition coefficient (Wildman–Crippen LogP) is 3.08. The van der Waals surface area contributed by atoms with Gasteiger partial charge in [-0.3, -0.25) is 4.39 Å². The number of rotatable bonds is 2. The lowest BCUT2D eigenvalue weighted by Gasteiger charge is -2.19. The van der Waals surface area contributed by atoms with Crippen LogP contribution in [0.4, 0.5) is 35.1 Å². The van der Waals surface area contributed by atoms with Crippen molar-refractivity contribution in [2.45, 2.75) is 18.3 Å². The second-order valence-corrected chi connectivity index (χ2v) is 1.80. The van der Waals surface area contributed by atoms with Crippen LogP contribution in [0.25, 0.3) is 0 Å². The van der Waals surface area contributed by atoms with Crippen LogP contribution in [0.5, 0.6) is 0 Å². The second-order valence-electron chi connectivity index (χ2n) is 1.80. The molecule has 0 fully saturated rings. The first-order valence-electron chi connectivity index (χ1n) is 2.74. The normalized spacial score (nSPS) is 14.5. The van der Waals surface area contributed by atoms with Crippen LogP contribution in [0.15, 0.2) is 0 Å². The van der Waals surface area contributed by atoms with Gasteiger partial charge in [0.15, 0.2) is 6.67 Å². The minimum absolute atomic E-state index is 0.500. The third-order valence-corrected chi connectivity index (χ3v) is 0.836. The molecule has 0 spiro atoms. The highest BCUT2D eigenvalue weighted by Gasteiger charge is 2.56. The van der Waals surface area contributed by atoms with E-state index in [0.29, 0.717) is 7.18 Å². The Balaban J connectivity index is 0. The third-order valence-electron chi connectivity index (χ3n) is 0.836. The van der Waals surface area contributed by atoms with Gasteiger partial charge in [-0.25, -0.2) is 17.6 Å². The van der Waals surface area contributed by atoms with Crippen molar-refractivity contribution in [1.29, 1.82) is 0 Å². The molecule has 0 N–H and O–H groups in total. The molecule has 0 radical (unpaired) electrons. The molecule has 0 aromatic heterocycles. The first-order valence-corrected chi connectivity index (χ1v) is 2.74. The van der Waals surface area contributed by atoms with Crippen LogP contribution in [0.1, 0.15) is 0 Å². The van der Waals surface area contributed by atoms with E-state index < -0.39 is 24.9 Å². The Morgan fingerprint density at radius 1 is 1.00 bits per heavy atom. The minimum Gasteiger partial charge on any atom is -0.255 e. The van der Waals surface area contributed by atoms with Gasteiger partial charge in [0.1, 0.15) is 0 Å². The molecule has 0 aliphatic rings. The summed E-state index contributed by atoms with van der Waals surface area (Å²) in [6.45, 7) is -2.66. The molecule has 1 unspecified atom stereocenters. The van der Waals surface area contributed by atoms with E-state index in [0.717, 1.165) is 0 Å². The van der Waals surface area contributed by atoms with Crippen molar-refractivity contribution in [2.75, 3.05) is 13.9 Å². The van der Waals surface area contributed by atoms with E-state index in [9.17, 15) is 35.1 Å². The van der Waals surface area contributed by atoms with Crippen LogP contribution in [-0.2, 0) is 0 Å². The Labute approximate surface area is 68.5 Å². The molecule has 0 aromatic carbocycles. The zero-order chi connectivity index (χ0) is 11.3. The first kappa shape index (κ1) is 14.9. The highest BCUT2D eigenvalue weighted by molar-refractivity contribution is 4.81. The van der Waals surface area contributed by atoms with Gasteiger partial charge in [0, 0.05) is 0 Å². The number of halogens is 8. The van der Waals surface area contributed by atoms with Crippen LogP contribution >= 0.6 is 0 Å². The molecule has 0 heterocycles. The van der Waals surface area contributed by atoms with Crippen molar-refractivity contribution in [1.82, 2.24) is 0 Å². The summed E-state index contributed by atoms with van der Waals surface area (Å²) < 4.78 is 88.6. The average molecular weight is 218 g/mol. The molecule has 8 heteroatoms. The minimum atomic E-state index is -5.71. The number of alkyl halides is 8. The summed E-state index contributed by atoms with van der Waals surface area (Å²) in [4.78, 5) is 0. The van der Waals surface area contributed by atoms with Gasteiger partial charge < -0.3 is 0 Å². The zero-order valence-electron chi connectivity index (χ0n) is 6.31. The maximum atomic E-state index is 11.6. The monoisotopic (exact) mass is 218 g/mol. The molecule has 0 amide bonds. The van der Waals surface area contributed by atoms with Crippen molar-refractivity contribution in [3.63, 3.8) is 0 Å². The van der Waals surface area contributed by atoms with E-state index in [1.54, 1.807) is 0 Å². The summed E-state index contributed by atoms with van der Waals surface area (Å²) in [5, 5.41) is 0. The first-order chi connectivity index (χ1) is 5.72. The molecular formula is C5H6F8. The summed E-state index contributed by atoms with van der Waals surface area (Å²) >= 11 is 0. The van der Waals surface area contributed by atoms with Gasteiger partial charge in [-0.15, -0.1) is 0 Å². The zero-order valence-corrected chi connectivity index (χ0v) is 6.31. The topological polar surface area (TPSA) is 0 Å². The van der Waals surface area contributed by atoms with Crippen molar-refractivity contribution in [3.8, 4) is 0 Å². The summed E-state index contributed by atoms with van der Waals surface area (Å²) in [5.41, 5.74) is 0. The van der Waals surface area contributed by atoms with Gasteiger partial charge in [0.25, 0.3) is 6.17 Å². The van der Waals surface area contributed by atoms with Gasteiger partial charge >= 0.3 is 12.1 Å². The van der Waals surface area contributed by atoms with Crippen molar-refractivity contribution in [3.05, 3.63) is 0 Å². The Hall–Kier alpha value is -0.560. The van der Waals surface area contributed by atoms with Crippen LogP contribution in [-0.4, -0.2) is 32.1 Å². The highest BCUT2D eigenvalue weighted by Crippen LogP contribution is 2.34. The van der Waals surface area contributed by atoms with E-state index in [1.165, 1.54) is 0 Å². The fraction of sp³-hybridized carbons (Fsp3) is 1.00. The van der Waals surface area contributed by atoms with Gasteiger partial charge in [0.05, 0.1) is 7.18 Å². The van der Waals surface area contributed by atoms with Crippen LogP contribution in [0.2, 0.25) is 0 Å². The smallest absolute Gasteiger partial charge is 0.255 e. The molecule has 0 nitrogen and oxygen atoms in total. The molecule has 0 aliphatic heterocycles. The number of hydrogen-bond acceptors (Lipinski definition) is 0. The highest BCUT2D eigenvalue weighted by atomic mass is 19.4. The summed E-state index contributed by atoms with van der Waals surface area (Å²) in [6.07, 6.45) is -10.1. The molecule has 82 valence electrons. The summed E-state index contributed by atoms with van der Waals surface area (Å²) in [5.74, 6) is -4.97. The molecule has 0 saturated carbocycles. The van der Waals surface area contributed by atoms with Crippen LogP contribution < -0.4 is 0 Å². The maximum Gasteiger partial charge on any atom is 0.425 e. The number of hydrogen-bond donors (Lipinski definition) is 0. The van der Waals surface area contributed by atoms with E-state index in [4.69, 9.17) is 0 Å². The third kappa shape index (κ3) is 4.89. The quantitative estimate of drug-likeness (QED) is 0.625. The molecule has 0 rings (SSSR count). The van der Waals surface area contributed by atoms with Crippen molar-refractivity contribution in [2.24, 2.45) is 0 Å². The molecule has 0 saturated heterocycles. The molecule has 0 aromatic rings. The van der Waals surface area contributed by atoms with Gasteiger partial charge in [0.2, 0.25) is 0 Å². The standard InChI is InChI=1S/C4H3F7.CH3F/c5-1-3(7,8)2(6)4(9,10)11;1-2/h2H,1H2;1H3. The summed E-state index contributed by atoms with van der Waals surface area (Å²) in [7, 11) is 0.500. The lowest BCUT2D eigenvalue weighted by Crippen LogP contribution is -2.43. The van der Waals surface area contributed by atoms with E-state index in [-0.39, 0.29) is 0 Å². The van der Waals surface area contributed by atoms with Gasteiger partial charge in [-0.2, -0.15) is 13.2 Å². The lowest BCUT2D eigenvalue weighted by atomic mass is 10.2. The molecule has 1 atom stereocenters. The summed E-state index contributed by atoms with van der Waals surface area (Å²) in [6, 6.07) is 0. The largest absolute Gasteiger partial charge is 0.425 e.